The topological polar surface area (TPSA) is 117 Å². The second kappa shape index (κ2) is 8.70. The smallest absolute Gasteiger partial charge is 0.310 e. The van der Waals surface area contributed by atoms with Gasteiger partial charge in [0.2, 0.25) is 5.91 Å². The largest absolute Gasteiger partial charge is 0.497 e. The Morgan fingerprint density at radius 3 is 2.56 bits per heavy atom. The highest BCUT2D eigenvalue weighted by Crippen LogP contribution is 2.63. The number of nitrogens with zero attached hydrogens (tertiary/aromatic N) is 2. The zero-order valence-electron chi connectivity index (χ0n) is 19.8. The van der Waals surface area contributed by atoms with Crippen LogP contribution in [0.3, 0.4) is 0 Å². The van der Waals surface area contributed by atoms with Crippen LogP contribution in [0, 0.1) is 11.8 Å². The molecule has 0 saturated carbocycles. The van der Waals surface area contributed by atoms with Gasteiger partial charge >= 0.3 is 5.97 Å². The van der Waals surface area contributed by atoms with Crippen molar-refractivity contribution in [2.24, 2.45) is 11.8 Å². The summed E-state index contributed by atoms with van der Waals surface area (Å²) in [6, 6.07) is 5.27. The lowest BCUT2D eigenvalue weighted by molar-refractivity contribution is -0.155. The van der Waals surface area contributed by atoms with E-state index >= 15 is 0 Å². The van der Waals surface area contributed by atoms with Gasteiger partial charge < -0.3 is 29.5 Å². The number of likely N-dealkylation sites (tertiary alicyclic amines) is 1. The van der Waals surface area contributed by atoms with Crippen LogP contribution in [0.1, 0.15) is 33.1 Å². The minimum atomic E-state index is -1.26. The van der Waals surface area contributed by atoms with Crippen molar-refractivity contribution in [2.75, 3.05) is 25.2 Å². The number of hydrogen-bond acceptors (Lipinski definition) is 6. The first-order valence-corrected chi connectivity index (χ1v) is 11.6. The number of methoxy groups -OCH3 is 1. The summed E-state index contributed by atoms with van der Waals surface area (Å²) in [7, 11) is 1.55. The molecule has 34 heavy (non-hydrogen) atoms. The van der Waals surface area contributed by atoms with E-state index in [0.717, 1.165) is 0 Å². The summed E-state index contributed by atoms with van der Waals surface area (Å²) in [6.07, 6.45) is 2.83. The number of aliphatic hydroxyl groups excluding tert-OH is 1. The molecule has 3 fully saturated rings. The van der Waals surface area contributed by atoms with Crippen molar-refractivity contribution in [3.63, 3.8) is 0 Å². The van der Waals surface area contributed by atoms with E-state index in [1.165, 1.54) is 9.80 Å². The van der Waals surface area contributed by atoms with Crippen molar-refractivity contribution in [3.05, 3.63) is 36.9 Å². The second-order valence-electron chi connectivity index (χ2n) is 9.49. The molecule has 3 aliphatic rings. The molecule has 9 nitrogen and oxygen atoms in total. The third-order valence-corrected chi connectivity index (χ3v) is 7.75. The van der Waals surface area contributed by atoms with Crippen LogP contribution in [0.4, 0.5) is 5.69 Å². The van der Waals surface area contributed by atoms with Crippen molar-refractivity contribution >= 4 is 23.5 Å². The molecule has 1 spiro atoms. The third kappa shape index (κ3) is 3.32. The maximum atomic E-state index is 14.2. The van der Waals surface area contributed by atoms with Crippen LogP contribution in [0.15, 0.2) is 36.9 Å². The van der Waals surface area contributed by atoms with Gasteiger partial charge in [0.1, 0.15) is 17.4 Å². The van der Waals surface area contributed by atoms with Gasteiger partial charge in [0, 0.05) is 12.2 Å². The summed E-state index contributed by atoms with van der Waals surface area (Å²) >= 11 is 0. The first kappa shape index (κ1) is 24.2. The van der Waals surface area contributed by atoms with E-state index < -0.39 is 47.0 Å². The van der Waals surface area contributed by atoms with Crippen molar-refractivity contribution in [2.45, 2.75) is 56.4 Å². The predicted octanol–water partition coefficient (Wildman–Crippen LogP) is 1.83. The van der Waals surface area contributed by atoms with Gasteiger partial charge in [-0.25, -0.2) is 0 Å². The van der Waals surface area contributed by atoms with Crippen LogP contribution in [0.2, 0.25) is 0 Å². The summed E-state index contributed by atoms with van der Waals surface area (Å²) in [4.78, 5) is 43.2. The Balaban J connectivity index is 1.83. The molecule has 1 aromatic rings. The Morgan fingerprint density at radius 2 is 2.03 bits per heavy atom. The number of carbonyl (C=O) groups is 3. The molecule has 2 bridgehead atoms. The minimum absolute atomic E-state index is 0.181. The molecule has 9 heteroatoms. The SMILES string of the molecule is C=CCN(C(=O)C1N([C@@H](CC)CO)C(=O)[C@@H]2[C@H](C(=O)O)[C@]3(C)CCC12O3)c1ccc(OC)cc1. The zero-order valence-corrected chi connectivity index (χ0v) is 19.8. The van der Waals surface area contributed by atoms with E-state index in [0.29, 0.717) is 30.7 Å². The highest BCUT2D eigenvalue weighted by atomic mass is 16.5. The molecule has 3 aliphatic heterocycles. The predicted molar refractivity (Wildman–Crippen MR) is 123 cm³/mol. The van der Waals surface area contributed by atoms with Gasteiger partial charge in [-0.05, 0) is 50.5 Å². The normalized spacial score (nSPS) is 32.4. The zero-order chi connectivity index (χ0) is 24.8. The number of carboxylic acids is 1. The molecule has 6 atom stereocenters. The molecule has 2 N–H and O–H groups in total. The molecule has 3 saturated heterocycles. The van der Waals surface area contributed by atoms with Crippen LogP contribution >= 0.6 is 0 Å². The average molecular weight is 473 g/mol. The Kier molecular flexibility index (Phi) is 6.20. The maximum Gasteiger partial charge on any atom is 0.310 e. The molecule has 0 aliphatic carbocycles. The molecule has 4 rings (SSSR count). The van der Waals surface area contributed by atoms with Crippen molar-refractivity contribution in [3.8, 4) is 5.75 Å². The van der Waals surface area contributed by atoms with Gasteiger partial charge in [-0.15, -0.1) is 6.58 Å². The molecule has 184 valence electrons. The lowest BCUT2D eigenvalue weighted by Gasteiger charge is -2.39. The van der Waals surface area contributed by atoms with E-state index in [1.807, 2.05) is 6.92 Å². The average Bonchev–Trinajstić information content (AvgIpc) is 3.39. The summed E-state index contributed by atoms with van der Waals surface area (Å²) in [5.41, 5.74) is -1.70. The van der Waals surface area contributed by atoms with Crippen LogP contribution in [-0.2, 0) is 19.1 Å². The fraction of sp³-hybridized carbons (Fsp3) is 0.560. The summed E-state index contributed by atoms with van der Waals surface area (Å²) in [5.74, 6) is -3.34. The standard InChI is InChI=1S/C25H32N2O7/c1-5-13-26(16-7-9-17(33-4)10-8-16)22(30)20-25-12-11-24(3,34-25)19(23(31)32)18(25)21(29)27(20)15(6-2)14-28/h5,7-10,15,18-20,28H,1,6,11-14H2,2-4H3,(H,31,32)/t15-,18-,19+,20?,24-,25?/m0/s1. The number of ether oxygens (including phenoxy) is 2. The van der Waals surface area contributed by atoms with E-state index in [2.05, 4.69) is 6.58 Å². The highest BCUT2D eigenvalue weighted by molar-refractivity contribution is 6.05. The number of anilines is 1. The van der Waals surface area contributed by atoms with E-state index in [-0.39, 0.29) is 19.1 Å². The van der Waals surface area contributed by atoms with Crippen molar-refractivity contribution in [1.29, 1.82) is 0 Å². The Morgan fingerprint density at radius 1 is 1.35 bits per heavy atom. The highest BCUT2D eigenvalue weighted by Gasteiger charge is 2.78. The Bertz CT molecular complexity index is 991. The molecule has 2 amide bonds. The number of hydrogen-bond donors (Lipinski definition) is 2. The van der Waals surface area contributed by atoms with E-state index in [1.54, 1.807) is 44.4 Å². The van der Waals surface area contributed by atoms with Crippen LogP contribution < -0.4 is 9.64 Å². The molecule has 0 radical (unpaired) electrons. The fourth-order valence-electron chi connectivity index (χ4n) is 6.19. The lowest BCUT2D eigenvalue weighted by Crippen LogP contribution is -2.59. The van der Waals surface area contributed by atoms with E-state index in [4.69, 9.17) is 9.47 Å². The maximum absolute atomic E-state index is 14.2. The van der Waals surface area contributed by atoms with Gasteiger partial charge in [-0.3, -0.25) is 14.4 Å². The lowest BCUT2D eigenvalue weighted by atomic mass is 9.66. The third-order valence-electron chi connectivity index (χ3n) is 7.75. The summed E-state index contributed by atoms with van der Waals surface area (Å²) in [6.45, 7) is 7.16. The molecule has 1 aromatic carbocycles. The van der Waals surface area contributed by atoms with Crippen LogP contribution in [0.5, 0.6) is 5.75 Å². The fourth-order valence-corrected chi connectivity index (χ4v) is 6.19. The van der Waals surface area contributed by atoms with E-state index in [9.17, 15) is 24.6 Å². The number of fused-ring (bicyclic) bond motifs is 1. The summed E-state index contributed by atoms with van der Waals surface area (Å²) < 4.78 is 11.6. The number of carboxylic acid groups (broad SMARTS) is 1. The Hall–Kier alpha value is -2.91. The van der Waals surface area contributed by atoms with Crippen molar-refractivity contribution < 1.29 is 34.1 Å². The number of carbonyl (C=O) groups excluding carboxylic acids is 2. The van der Waals surface area contributed by atoms with Gasteiger partial charge in [-0.2, -0.15) is 0 Å². The van der Waals surface area contributed by atoms with Gasteiger partial charge in [-0.1, -0.05) is 13.0 Å². The quantitative estimate of drug-likeness (QED) is 0.527. The number of benzene rings is 1. The van der Waals surface area contributed by atoms with Gasteiger partial charge in [0.05, 0.1) is 37.2 Å². The number of aliphatic carboxylic acids is 1. The monoisotopic (exact) mass is 472 g/mol. The second-order valence-corrected chi connectivity index (χ2v) is 9.49. The number of aliphatic hydroxyl groups is 1. The van der Waals surface area contributed by atoms with Gasteiger partial charge in [0.15, 0.2) is 0 Å². The number of amides is 2. The van der Waals surface area contributed by atoms with Gasteiger partial charge in [0.25, 0.3) is 5.91 Å². The molecule has 2 unspecified atom stereocenters. The Labute approximate surface area is 198 Å². The molecule has 3 heterocycles. The number of rotatable bonds is 9. The van der Waals surface area contributed by atoms with Crippen LogP contribution in [0.25, 0.3) is 0 Å². The minimum Gasteiger partial charge on any atom is -0.497 e. The first-order valence-electron chi connectivity index (χ1n) is 11.6. The first-order chi connectivity index (χ1) is 16.2. The van der Waals surface area contributed by atoms with Crippen LogP contribution in [-0.4, -0.2) is 76.4 Å². The summed E-state index contributed by atoms with van der Waals surface area (Å²) in [5, 5.41) is 20.1. The molecular weight excluding hydrogens is 440 g/mol. The van der Waals surface area contributed by atoms with Crippen molar-refractivity contribution in [1.82, 2.24) is 4.90 Å². The molecule has 0 aromatic heterocycles. The molecular formula is C25H32N2O7.